The molecule has 96 valence electrons. The Morgan fingerprint density at radius 3 is 2.75 bits per heavy atom. The van der Waals surface area contributed by atoms with E-state index >= 15 is 0 Å². The Bertz CT molecular complexity index is 178. The molecule has 4 heteroatoms. The van der Waals surface area contributed by atoms with E-state index in [0.29, 0.717) is 6.04 Å². The monoisotopic (exact) mass is 245 g/mol. The lowest BCUT2D eigenvalue weighted by Crippen LogP contribution is -2.42. The van der Waals surface area contributed by atoms with Gasteiger partial charge in [0.25, 0.3) is 0 Å². The van der Waals surface area contributed by atoms with Crippen molar-refractivity contribution < 1.29 is 0 Å². The summed E-state index contributed by atoms with van der Waals surface area (Å²) in [6, 6.07) is 0.602. The first-order chi connectivity index (χ1) is 7.77. The molecule has 1 unspecified atom stereocenters. The maximum atomic E-state index is 5.91. The molecule has 16 heavy (non-hydrogen) atoms. The minimum atomic E-state index is 0.602. The second kappa shape index (κ2) is 8.34. The molecule has 0 aromatic carbocycles. The number of hydrogen-bond donors (Lipinski definition) is 1. The van der Waals surface area contributed by atoms with Crippen molar-refractivity contribution in [3.05, 3.63) is 0 Å². The molecule has 1 aliphatic heterocycles. The van der Waals surface area contributed by atoms with Crippen LogP contribution in [0.1, 0.15) is 19.8 Å². The molecule has 1 rings (SSSR count). The van der Waals surface area contributed by atoms with Gasteiger partial charge < -0.3 is 10.6 Å². The lowest BCUT2D eigenvalue weighted by Gasteiger charge is -2.29. The van der Waals surface area contributed by atoms with Crippen LogP contribution in [0.15, 0.2) is 0 Å². The lowest BCUT2D eigenvalue weighted by atomic mass is 10.2. The van der Waals surface area contributed by atoms with Crippen LogP contribution in [-0.4, -0.2) is 67.1 Å². The third-order valence-corrected chi connectivity index (χ3v) is 4.27. The van der Waals surface area contributed by atoms with Crippen molar-refractivity contribution >= 4 is 11.8 Å². The number of nitrogens with two attached hydrogens (primary N) is 1. The molecule has 0 aliphatic carbocycles. The third-order valence-electron chi connectivity index (χ3n) is 3.34. The summed E-state index contributed by atoms with van der Waals surface area (Å²) in [6.07, 6.45) is 2.53. The van der Waals surface area contributed by atoms with Crippen molar-refractivity contribution in [1.82, 2.24) is 9.80 Å². The van der Waals surface area contributed by atoms with Crippen LogP contribution >= 0.6 is 11.8 Å². The molecule has 1 fully saturated rings. The maximum Gasteiger partial charge on any atom is 0.0226 e. The Morgan fingerprint density at radius 2 is 2.06 bits per heavy atom. The first-order valence-corrected chi connectivity index (χ1v) is 7.63. The van der Waals surface area contributed by atoms with E-state index in [1.165, 1.54) is 50.5 Å². The van der Waals surface area contributed by atoms with Crippen LogP contribution in [0.5, 0.6) is 0 Å². The number of likely N-dealkylation sites (N-methyl/N-ethyl adjacent to an activating group) is 1. The molecule has 0 amide bonds. The summed E-state index contributed by atoms with van der Waals surface area (Å²) >= 11 is 2.03. The van der Waals surface area contributed by atoms with E-state index in [9.17, 15) is 0 Å². The van der Waals surface area contributed by atoms with Gasteiger partial charge in [-0.2, -0.15) is 11.8 Å². The molecule has 1 atom stereocenters. The Labute approximate surface area is 105 Å². The maximum absolute atomic E-state index is 5.91. The Balaban J connectivity index is 2.32. The van der Waals surface area contributed by atoms with Gasteiger partial charge in [-0.15, -0.1) is 0 Å². The molecule has 0 radical (unpaired) electrons. The second-order valence-electron chi connectivity index (χ2n) is 4.57. The van der Waals surface area contributed by atoms with Gasteiger partial charge in [-0.1, -0.05) is 6.92 Å². The van der Waals surface area contributed by atoms with Gasteiger partial charge in [0.05, 0.1) is 0 Å². The first kappa shape index (κ1) is 14.3. The predicted molar refractivity (Wildman–Crippen MR) is 74.1 cm³/mol. The fourth-order valence-corrected chi connectivity index (χ4v) is 2.97. The zero-order valence-corrected chi connectivity index (χ0v) is 11.6. The average molecular weight is 245 g/mol. The predicted octanol–water partition coefficient (Wildman–Crippen LogP) is 1.09. The Kier molecular flexibility index (Phi) is 7.45. The lowest BCUT2D eigenvalue weighted by molar-refractivity contribution is 0.202. The summed E-state index contributed by atoms with van der Waals surface area (Å²) in [6.45, 7) is 7.88. The van der Waals surface area contributed by atoms with Crippen LogP contribution in [0.3, 0.4) is 0 Å². The van der Waals surface area contributed by atoms with E-state index in [1.807, 2.05) is 11.8 Å². The number of nitrogens with zero attached hydrogens (tertiary/aromatic N) is 2. The number of thioether (sulfide) groups is 1. The zero-order chi connectivity index (χ0) is 11.8. The molecule has 3 nitrogen and oxygen atoms in total. The minimum absolute atomic E-state index is 0.602. The van der Waals surface area contributed by atoms with Gasteiger partial charge in [-0.3, -0.25) is 4.90 Å². The highest BCUT2D eigenvalue weighted by Gasteiger charge is 2.19. The van der Waals surface area contributed by atoms with Gasteiger partial charge in [0.2, 0.25) is 0 Å². The van der Waals surface area contributed by atoms with Crippen LogP contribution in [-0.2, 0) is 0 Å². The minimum Gasteiger partial charge on any atom is -0.329 e. The van der Waals surface area contributed by atoms with Crippen molar-refractivity contribution in [2.45, 2.75) is 25.8 Å². The highest BCUT2D eigenvalue weighted by atomic mass is 32.2. The largest absolute Gasteiger partial charge is 0.329 e. The first-order valence-electron chi connectivity index (χ1n) is 6.48. The van der Waals surface area contributed by atoms with Crippen LogP contribution in [0.2, 0.25) is 0 Å². The van der Waals surface area contributed by atoms with Crippen molar-refractivity contribution in [2.75, 3.05) is 51.3 Å². The van der Waals surface area contributed by atoms with Crippen LogP contribution < -0.4 is 5.73 Å². The topological polar surface area (TPSA) is 32.5 Å². The van der Waals surface area contributed by atoms with Crippen LogP contribution in [0, 0.1) is 0 Å². The fourth-order valence-electron chi connectivity index (χ4n) is 2.24. The molecule has 0 aromatic heterocycles. The number of hydrogen-bond acceptors (Lipinski definition) is 4. The molecule has 2 N–H and O–H groups in total. The molecule has 1 heterocycles. The quantitative estimate of drug-likeness (QED) is 0.710. The average Bonchev–Trinajstić information content (AvgIpc) is 2.50. The van der Waals surface area contributed by atoms with Crippen molar-refractivity contribution in [1.29, 1.82) is 0 Å². The van der Waals surface area contributed by atoms with Crippen molar-refractivity contribution in [3.8, 4) is 0 Å². The van der Waals surface area contributed by atoms with Gasteiger partial charge in [-0.25, -0.2) is 0 Å². The van der Waals surface area contributed by atoms with E-state index in [4.69, 9.17) is 5.73 Å². The third kappa shape index (κ3) is 5.04. The van der Waals surface area contributed by atoms with Gasteiger partial charge in [0, 0.05) is 25.7 Å². The van der Waals surface area contributed by atoms with Gasteiger partial charge >= 0.3 is 0 Å². The summed E-state index contributed by atoms with van der Waals surface area (Å²) in [5.74, 6) is 2.48. The zero-order valence-electron chi connectivity index (χ0n) is 10.8. The SMILES string of the molecule is CCSCCC(CN)N1CCCN(C)CC1. The Hall–Kier alpha value is 0.230. The summed E-state index contributed by atoms with van der Waals surface area (Å²) in [4.78, 5) is 5.02. The van der Waals surface area contributed by atoms with E-state index in [0.717, 1.165) is 6.54 Å². The highest BCUT2D eigenvalue weighted by molar-refractivity contribution is 7.99. The smallest absolute Gasteiger partial charge is 0.0226 e. The molecule has 1 saturated heterocycles. The van der Waals surface area contributed by atoms with Crippen molar-refractivity contribution in [3.63, 3.8) is 0 Å². The van der Waals surface area contributed by atoms with Gasteiger partial charge in [-0.05, 0) is 44.5 Å². The van der Waals surface area contributed by atoms with Gasteiger partial charge in [0.15, 0.2) is 0 Å². The summed E-state index contributed by atoms with van der Waals surface area (Å²) < 4.78 is 0. The van der Waals surface area contributed by atoms with Crippen molar-refractivity contribution in [2.24, 2.45) is 5.73 Å². The number of rotatable bonds is 6. The summed E-state index contributed by atoms with van der Waals surface area (Å²) in [5, 5.41) is 0. The molecular weight excluding hydrogens is 218 g/mol. The molecule has 0 aromatic rings. The van der Waals surface area contributed by atoms with Gasteiger partial charge in [0.1, 0.15) is 0 Å². The Morgan fingerprint density at radius 1 is 1.25 bits per heavy atom. The second-order valence-corrected chi connectivity index (χ2v) is 5.96. The fraction of sp³-hybridized carbons (Fsp3) is 1.00. The standard InChI is InChI=1S/C12H27N3S/c1-3-16-10-5-12(11-13)15-7-4-6-14(2)8-9-15/h12H,3-11,13H2,1-2H3. The summed E-state index contributed by atoms with van der Waals surface area (Å²) in [5.41, 5.74) is 5.91. The van der Waals surface area contributed by atoms with E-state index in [1.54, 1.807) is 0 Å². The molecule has 0 bridgehead atoms. The highest BCUT2D eigenvalue weighted by Crippen LogP contribution is 2.11. The normalized spacial score (nSPS) is 21.9. The molecule has 0 spiro atoms. The van der Waals surface area contributed by atoms with E-state index in [-0.39, 0.29) is 0 Å². The molecular formula is C12H27N3S. The molecule has 0 saturated carbocycles. The van der Waals surface area contributed by atoms with E-state index < -0.39 is 0 Å². The van der Waals surface area contributed by atoms with E-state index in [2.05, 4.69) is 23.8 Å². The molecule has 1 aliphatic rings. The van der Waals surface area contributed by atoms with Crippen LogP contribution in [0.4, 0.5) is 0 Å². The van der Waals surface area contributed by atoms with Crippen LogP contribution in [0.25, 0.3) is 0 Å². The summed E-state index contributed by atoms with van der Waals surface area (Å²) in [7, 11) is 2.22.